The average molecular weight is 359 g/mol. The molecule has 5 nitrogen and oxygen atoms in total. The molecule has 0 aromatic rings. The molecule has 0 rings (SSSR count). The molecule has 0 heterocycles. The van der Waals surface area contributed by atoms with Crippen LogP contribution >= 0.6 is 0 Å². The number of ether oxygens (including phenoxy) is 2. The number of aliphatic hydroxyl groups is 1. The standard InChI is InChI=1S/C20H38O5/c1-6-7-8-9-10-11-12-13-14-15-17(24-16(2)21)18(22)19(23)25-20(3,4)5/h17-18,22H,6-15H2,1-5H3/t17-,18-/m1/s1. The highest BCUT2D eigenvalue weighted by molar-refractivity contribution is 5.76. The summed E-state index contributed by atoms with van der Waals surface area (Å²) in [5, 5.41) is 10.2. The maximum atomic E-state index is 12.0. The van der Waals surface area contributed by atoms with Crippen LogP contribution in [0.4, 0.5) is 0 Å². The van der Waals surface area contributed by atoms with E-state index < -0.39 is 29.7 Å². The monoisotopic (exact) mass is 358 g/mol. The second-order valence-electron chi connectivity index (χ2n) is 7.74. The number of hydrogen-bond acceptors (Lipinski definition) is 5. The smallest absolute Gasteiger partial charge is 0.339 e. The SMILES string of the molecule is CCCCCCCCCCC[C@@H](OC(C)=O)[C@@H](O)C(=O)OC(C)(C)C. The quantitative estimate of drug-likeness (QED) is 0.386. The lowest BCUT2D eigenvalue weighted by molar-refractivity contribution is -0.177. The van der Waals surface area contributed by atoms with E-state index in [1.807, 2.05) is 0 Å². The summed E-state index contributed by atoms with van der Waals surface area (Å²) < 4.78 is 10.3. The molecule has 0 bridgehead atoms. The molecule has 1 N–H and O–H groups in total. The van der Waals surface area contributed by atoms with Crippen molar-refractivity contribution >= 4 is 11.9 Å². The molecule has 25 heavy (non-hydrogen) atoms. The third kappa shape index (κ3) is 13.8. The Morgan fingerprint density at radius 1 is 0.920 bits per heavy atom. The second kappa shape index (κ2) is 13.2. The van der Waals surface area contributed by atoms with E-state index in [1.165, 1.54) is 45.4 Å². The van der Waals surface area contributed by atoms with Crippen molar-refractivity contribution in [2.75, 3.05) is 0 Å². The highest BCUT2D eigenvalue weighted by atomic mass is 16.6. The summed E-state index contributed by atoms with van der Waals surface area (Å²) >= 11 is 0. The molecule has 0 amide bonds. The van der Waals surface area contributed by atoms with Crippen molar-refractivity contribution in [3.8, 4) is 0 Å². The minimum absolute atomic E-state index is 0.468. The molecular weight excluding hydrogens is 320 g/mol. The molecule has 5 heteroatoms. The van der Waals surface area contributed by atoms with E-state index >= 15 is 0 Å². The minimum atomic E-state index is -1.43. The average Bonchev–Trinajstić information content (AvgIpc) is 2.49. The molecule has 0 fully saturated rings. The van der Waals surface area contributed by atoms with Crippen molar-refractivity contribution in [2.45, 2.75) is 117 Å². The first-order valence-corrected chi connectivity index (χ1v) is 9.75. The van der Waals surface area contributed by atoms with Crippen LogP contribution in [0, 0.1) is 0 Å². The molecule has 0 aromatic carbocycles. The molecule has 148 valence electrons. The summed E-state index contributed by atoms with van der Waals surface area (Å²) in [5.74, 6) is -1.24. The molecular formula is C20H38O5. The molecule has 0 radical (unpaired) electrons. The second-order valence-corrected chi connectivity index (χ2v) is 7.74. The molecule has 2 atom stereocenters. The topological polar surface area (TPSA) is 72.8 Å². The molecule has 0 aliphatic rings. The maximum Gasteiger partial charge on any atom is 0.339 e. The van der Waals surface area contributed by atoms with E-state index in [4.69, 9.17) is 9.47 Å². The Hall–Kier alpha value is -1.10. The predicted molar refractivity (Wildman–Crippen MR) is 99.2 cm³/mol. The van der Waals surface area contributed by atoms with Gasteiger partial charge in [0, 0.05) is 6.92 Å². The van der Waals surface area contributed by atoms with Gasteiger partial charge < -0.3 is 14.6 Å². The van der Waals surface area contributed by atoms with Crippen LogP contribution in [-0.2, 0) is 19.1 Å². The zero-order chi connectivity index (χ0) is 19.3. The van der Waals surface area contributed by atoms with Crippen LogP contribution in [0.5, 0.6) is 0 Å². The molecule has 0 aliphatic heterocycles. The first-order chi connectivity index (χ1) is 11.7. The summed E-state index contributed by atoms with van der Waals surface area (Å²) in [6.45, 7) is 8.70. The van der Waals surface area contributed by atoms with Gasteiger partial charge in [0.1, 0.15) is 11.7 Å². The third-order valence-corrected chi connectivity index (χ3v) is 3.91. The predicted octanol–water partition coefficient (Wildman–Crippen LogP) is 4.54. The van der Waals surface area contributed by atoms with Gasteiger partial charge in [-0.3, -0.25) is 4.79 Å². The number of hydrogen-bond donors (Lipinski definition) is 1. The largest absolute Gasteiger partial charge is 0.459 e. The van der Waals surface area contributed by atoms with E-state index in [0.717, 1.165) is 19.3 Å². The molecule has 0 saturated heterocycles. The Morgan fingerprint density at radius 3 is 1.84 bits per heavy atom. The molecule has 0 aliphatic carbocycles. The lowest BCUT2D eigenvalue weighted by Crippen LogP contribution is -2.41. The van der Waals surface area contributed by atoms with Crippen molar-refractivity contribution in [1.82, 2.24) is 0 Å². The fraction of sp³-hybridized carbons (Fsp3) is 0.900. The van der Waals surface area contributed by atoms with Crippen LogP contribution in [0.25, 0.3) is 0 Å². The van der Waals surface area contributed by atoms with Gasteiger partial charge in [-0.2, -0.15) is 0 Å². The Morgan fingerprint density at radius 2 is 1.40 bits per heavy atom. The van der Waals surface area contributed by atoms with E-state index in [2.05, 4.69) is 6.92 Å². The molecule has 0 saturated carbocycles. The minimum Gasteiger partial charge on any atom is -0.459 e. The highest BCUT2D eigenvalue weighted by Crippen LogP contribution is 2.17. The van der Waals surface area contributed by atoms with Crippen LogP contribution < -0.4 is 0 Å². The van der Waals surface area contributed by atoms with Gasteiger partial charge in [0.2, 0.25) is 0 Å². The van der Waals surface area contributed by atoms with E-state index in [0.29, 0.717) is 6.42 Å². The fourth-order valence-corrected chi connectivity index (χ4v) is 2.66. The van der Waals surface area contributed by atoms with Gasteiger partial charge in [-0.1, -0.05) is 58.3 Å². The number of carbonyl (C=O) groups excluding carboxylic acids is 2. The highest BCUT2D eigenvalue weighted by Gasteiger charge is 2.32. The van der Waals surface area contributed by atoms with Gasteiger partial charge in [-0.15, -0.1) is 0 Å². The van der Waals surface area contributed by atoms with E-state index in [9.17, 15) is 14.7 Å². The van der Waals surface area contributed by atoms with Crippen molar-refractivity contribution in [2.24, 2.45) is 0 Å². The van der Waals surface area contributed by atoms with Crippen molar-refractivity contribution in [3.05, 3.63) is 0 Å². The number of aliphatic hydroxyl groups excluding tert-OH is 1. The van der Waals surface area contributed by atoms with Crippen molar-refractivity contribution < 1.29 is 24.2 Å². The van der Waals surface area contributed by atoms with Gasteiger partial charge >= 0.3 is 11.9 Å². The van der Waals surface area contributed by atoms with E-state index in [-0.39, 0.29) is 0 Å². The number of esters is 2. The summed E-state index contributed by atoms with van der Waals surface area (Å²) in [7, 11) is 0. The maximum absolute atomic E-state index is 12.0. The summed E-state index contributed by atoms with van der Waals surface area (Å²) in [6, 6.07) is 0. The Labute approximate surface area is 153 Å². The molecule has 0 spiro atoms. The van der Waals surface area contributed by atoms with Gasteiger partial charge in [-0.05, 0) is 33.6 Å². The van der Waals surface area contributed by atoms with Crippen LogP contribution in [0.3, 0.4) is 0 Å². The van der Waals surface area contributed by atoms with E-state index in [1.54, 1.807) is 20.8 Å². The summed E-state index contributed by atoms with van der Waals surface area (Å²) in [6.07, 6.45) is 8.79. The Kier molecular flexibility index (Phi) is 12.6. The Bertz CT molecular complexity index is 373. The summed E-state index contributed by atoms with van der Waals surface area (Å²) in [4.78, 5) is 23.2. The lowest BCUT2D eigenvalue weighted by atomic mass is 10.0. The zero-order valence-corrected chi connectivity index (χ0v) is 16.8. The zero-order valence-electron chi connectivity index (χ0n) is 16.8. The third-order valence-electron chi connectivity index (χ3n) is 3.91. The number of unbranched alkanes of at least 4 members (excludes halogenated alkanes) is 8. The van der Waals surface area contributed by atoms with Crippen LogP contribution in [0.1, 0.15) is 98.8 Å². The fourth-order valence-electron chi connectivity index (χ4n) is 2.66. The van der Waals surface area contributed by atoms with Gasteiger partial charge in [0.25, 0.3) is 0 Å². The normalized spacial score (nSPS) is 14.0. The molecule has 0 unspecified atom stereocenters. The van der Waals surface area contributed by atoms with Crippen LogP contribution in [0.15, 0.2) is 0 Å². The van der Waals surface area contributed by atoms with Crippen molar-refractivity contribution in [1.29, 1.82) is 0 Å². The number of carbonyl (C=O) groups is 2. The van der Waals surface area contributed by atoms with Crippen LogP contribution in [0.2, 0.25) is 0 Å². The summed E-state index contributed by atoms with van der Waals surface area (Å²) in [5.41, 5.74) is -0.684. The first-order valence-electron chi connectivity index (χ1n) is 9.75. The van der Waals surface area contributed by atoms with Gasteiger partial charge in [0.05, 0.1) is 0 Å². The first kappa shape index (κ1) is 23.9. The Balaban J connectivity index is 4.14. The lowest BCUT2D eigenvalue weighted by Gasteiger charge is -2.26. The molecule has 0 aromatic heterocycles. The van der Waals surface area contributed by atoms with Gasteiger partial charge in [0.15, 0.2) is 6.10 Å². The number of rotatable bonds is 13. The van der Waals surface area contributed by atoms with Crippen LogP contribution in [-0.4, -0.2) is 34.9 Å². The van der Waals surface area contributed by atoms with Gasteiger partial charge in [-0.25, -0.2) is 4.79 Å². The van der Waals surface area contributed by atoms with Crippen molar-refractivity contribution in [3.63, 3.8) is 0 Å².